The van der Waals surface area contributed by atoms with E-state index in [-0.39, 0.29) is 19.0 Å². The Morgan fingerprint density at radius 2 is 2.11 bits per heavy atom. The minimum atomic E-state index is -0.506. The highest BCUT2D eigenvalue weighted by Crippen LogP contribution is 2.21. The number of ether oxygens (including phenoxy) is 3. The lowest BCUT2D eigenvalue weighted by Gasteiger charge is -2.08. The van der Waals surface area contributed by atoms with Crippen LogP contribution in [0.2, 0.25) is 0 Å². The van der Waals surface area contributed by atoms with Crippen molar-refractivity contribution in [2.75, 3.05) is 20.3 Å². The number of hydrogen-bond donors (Lipinski definition) is 0. The van der Waals surface area contributed by atoms with E-state index in [0.717, 1.165) is 0 Å². The Hall–Kier alpha value is -2.04. The summed E-state index contributed by atoms with van der Waals surface area (Å²) < 4.78 is 28.1. The highest BCUT2D eigenvalue weighted by Gasteiger charge is 2.05. The van der Waals surface area contributed by atoms with Crippen LogP contribution in [0, 0.1) is 5.82 Å². The van der Waals surface area contributed by atoms with Gasteiger partial charge in [0.1, 0.15) is 19.0 Å². The molecule has 4 nitrogen and oxygen atoms in total. The zero-order chi connectivity index (χ0) is 13.5. The van der Waals surface area contributed by atoms with E-state index in [1.54, 1.807) is 13.0 Å². The van der Waals surface area contributed by atoms with Gasteiger partial charge >= 0.3 is 5.97 Å². The second-order valence-electron chi connectivity index (χ2n) is 3.56. The zero-order valence-corrected chi connectivity index (χ0v) is 10.4. The average molecular weight is 254 g/mol. The van der Waals surface area contributed by atoms with Crippen LogP contribution in [-0.4, -0.2) is 26.3 Å². The van der Waals surface area contributed by atoms with Crippen molar-refractivity contribution in [2.45, 2.75) is 6.92 Å². The Kier molecular flexibility index (Phi) is 5.17. The van der Waals surface area contributed by atoms with E-state index in [1.807, 2.05) is 0 Å². The Balaban J connectivity index is 2.38. The van der Waals surface area contributed by atoms with Gasteiger partial charge in [-0.1, -0.05) is 6.58 Å². The summed E-state index contributed by atoms with van der Waals surface area (Å²) in [6.07, 6.45) is 0. The van der Waals surface area contributed by atoms with Gasteiger partial charge in [0.25, 0.3) is 0 Å². The highest BCUT2D eigenvalue weighted by molar-refractivity contribution is 5.86. The van der Waals surface area contributed by atoms with Gasteiger partial charge in [0, 0.05) is 11.6 Å². The summed E-state index contributed by atoms with van der Waals surface area (Å²) in [5.41, 5.74) is 0.325. The van der Waals surface area contributed by atoms with Crippen molar-refractivity contribution in [1.82, 2.24) is 0 Å². The van der Waals surface area contributed by atoms with E-state index in [9.17, 15) is 9.18 Å². The zero-order valence-electron chi connectivity index (χ0n) is 10.4. The van der Waals surface area contributed by atoms with E-state index < -0.39 is 11.8 Å². The lowest BCUT2D eigenvalue weighted by molar-refractivity contribution is -0.139. The van der Waals surface area contributed by atoms with Crippen LogP contribution in [0.1, 0.15) is 6.92 Å². The molecule has 0 aromatic heterocycles. The standard InChI is InChI=1S/C13H15FO4/c1-9(2)13(15)18-7-6-17-10-4-5-12(16-3)11(14)8-10/h4-5,8H,1,6-7H2,2-3H3. The Bertz CT molecular complexity index is 443. The van der Waals surface area contributed by atoms with Gasteiger partial charge in [0.05, 0.1) is 7.11 Å². The quantitative estimate of drug-likeness (QED) is 0.444. The Morgan fingerprint density at radius 1 is 1.39 bits per heavy atom. The van der Waals surface area contributed by atoms with Gasteiger partial charge in [-0.05, 0) is 19.1 Å². The Labute approximate surface area is 105 Å². The molecule has 1 aromatic carbocycles. The van der Waals surface area contributed by atoms with Crippen molar-refractivity contribution in [3.05, 3.63) is 36.2 Å². The van der Waals surface area contributed by atoms with Gasteiger partial charge in [0.15, 0.2) is 11.6 Å². The fraction of sp³-hybridized carbons (Fsp3) is 0.308. The normalized spacial score (nSPS) is 9.72. The summed E-state index contributed by atoms with van der Waals surface area (Å²) in [6, 6.07) is 4.24. The predicted octanol–water partition coefficient (Wildman–Crippen LogP) is 2.33. The monoisotopic (exact) mass is 254 g/mol. The average Bonchev–Trinajstić information content (AvgIpc) is 2.34. The number of benzene rings is 1. The topological polar surface area (TPSA) is 44.8 Å². The minimum absolute atomic E-state index is 0.0827. The number of esters is 1. The van der Waals surface area contributed by atoms with Crippen molar-refractivity contribution in [2.24, 2.45) is 0 Å². The molecule has 0 amide bonds. The second-order valence-corrected chi connectivity index (χ2v) is 3.56. The van der Waals surface area contributed by atoms with Crippen molar-refractivity contribution < 1.29 is 23.4 Å². The molecule has 1 aromatic rings. The smallest absolute Gasteiger partial charge is 0.333 e. The van der Waals surface area contributed by atoms with E-state index in [2.05, 4.69) is 6.58 Å². The van der Waals surface area contributed by atoms with E-state index in [4.69, 9.17) is 14.2 Å². The van der Waals surface area contributed by atoms with Crippen molar-refractivity contribution in [1.29, 1.82) is 0 Å². The largest absolute Gasteiger partial charge is 0.494 e. The third-order valence-corrected chi connectivity index (χ3v) is 2.06. The summed E-state index contributed by atoms with van der Waals surface area (Å²) in [6.45, 7) is 5.23. The second kappa shape index (κ2) is 6.64. The summed E-state index contributed by atoms with van der Waals surface area (Å²) >= 11 is 0. The van der Waals surface area contributed by atoms with Crippen LogP contribution in [-0.2, 0) is 9.53 Å². The first-order valence-electron chi connectivity index (χ1n) is 5.33. The molecule has 0 aliphatic heterocycles. The van der Waals surface area contributed by atoms with Gasteiger partial charge in [-0.25, -0.2) is 9.18 Å². The molecule has 0 heterocycles. The van der Waals surface area contributed by atoms with Crippen LogP contribution in [0.5, 0.6) is 11.5 Å². The highest BCUT2D eigenvalue weighted by atomic mass is 19.1. The molecule has 0 fully saturated rings. The van der Waals surface area contributed by atoms with Crippen LogP contribution < -0.4 is 9.47 Å². The molecule has 0 atom stereocenters. The van der Waals surface area contributed by atoms with Gasteiger partial charge in [-0.3, -0.25) is 0 Å². The molecule has 18 heavy (non-hydrogen) atoms. The third-order valence-electron chi connectivity index (χ3n) is 2.06. The van der Waals surface area contributed by atoms with Crippen molar-refractivity contribution in [3.63, 3.8) is 0 Å². The van der Waals surface area contributed by atoms with Crippen molar-refractivity contribution in [3.8, 4) is 11.5 Å². The molecule has 0 bridgehead atoms. The number of halogens is 1. The maximum atomic E-state index is 13.3. The summed E-state index contributed by atoms with van der Waals surface area (Å²) in [5, 5.41) is 0. The minimum Gasteiger partial charge on any atom is -0.494 e. The van der Waals surface area contributed by atoms with E-state index >= 15 is 0 Å². The van der Waals surface area contributed by atoms with Crippen LogP contribution in [0.25, 0.3) is 0 Å². The molecule has 0 aliphatic carbocycles. The van der Waals surface area contributed by atoms with Gasteiger partial charge < -0.3 is 14.2 Å². The molecular formula is C13H15FO4. The molecule has 0 spiro atoms. The fourth-order valence-electron chi connectivity index (χ4n) is 1.15. The Morgan fingerprint density at radius 3 is 2.67 bits per heavy atom. The third kappa shape index (κ3) is 4.08. The molecule has 0 N–H and O–H groups in total. The fourth-order valence-corrected chi connectivity index (χ4v) is 1.15. The summed E-state index contributed by atoms with van der Waals surface area (Å²) in [5.74, 6) is -0.482. The van der Waals surface area contributed by atoms with Crippen molar-refractivity contribution >= 4 is 5.97 Å². The molecule has 0 aliphatic rings. The first-order valence-corrected chi connectivity index (χ1v) is 5.33. The number of carbonyl (C=O) groups is 1. The summed E-state index contributed by atoms with van der Waals surface area (Å²) in [7, 11) is 1.38. The maximum absolute atomic E-state index is 13.3. The predicted molar refractivity (Wildman–Crippen MR) is 64.2 cm³/mol. The van der Waals surface area contributed by atoms with Crippen LogP contribution in [0.15, 0.2) is 30.4 Å². The molecule has 0 saturated heterocycles. The van der Waals surface area contributed by atoms with Crippen LogP contribution in [0.4, 0.5) is 4.39 Å². The maximum Gasteiger partial charge on any atom is 0.333 e. The first kappa shape index (κ1) is 14.0. The lowest BCUT2D eigenvalue weighted by atomic mass is 10.3. The number of methoxy groups -OCH3 is 1. The molecule has 0 radical (unpaired) electrons. The first-order chi connectivity index (χ1) is 8.54. The van der Waals surface area contributed by atoms with Crippen LogP contribution in [0.3, 0.4) is 0 Å². The van der Waals surface area contributed by atoms with Gasteiger partial charge in [-0.2, -0.15) is 0 Å². The molecule has 5 heteroatoms. The molecule has 0 unspecified atom stereocenters. The summed E-state index contributed by atoms with van der Waals surface area (Å²) in [4.78, 5) is 11.0. The molecule has 1 rings (SSSR count). The molecule has 0 saturated carbocycles. The number of carbonyl (C=O) groups excluding carboxylic acids is 1. The van der Waals surface area contributed by atoms with E-state index in [1.165, 1.54) is 19.2 Å². The molecule has 98 valence electrons. The number of hydrogen-bond acceptors (Lipinski definition) is 4. The number of rotatable bonds is 6. The lowest BCUT2D eigenvalue weighted by Crippen LogP contribution is -2.12. The van der Waals surface area contributed by atoms with Gasteiger partial charge in [-0.15, -0.1) is 0 Å². The SMILES string of the molecule is C=C(C)C(=O)OCCOc1ccc(OC)c(F)c1. The van der Waals surface area contributed by atoms with Crippen LogP contribution >= 0.6 is 0 Å². The van der Waals surface area contributed by atoms with Gasteiger partial charge in [0.2, 0.25) is 0 Å². The van der Waals surface area contributed by atoms with E-state index in [0.29, 0.717) is 11.3 Å². The molecular weight excluding hydrogens is 239 g/mol.